The highest BCUT2D eigenvalue weighted by atomic mass is 19.4. The standard InChI is InChI=1S/C35H28F3N3O3/c36-35(37,38)26-16-17-29-25(20-26)22-34(30-21-24(18-19-39(29)30)23-10-4-1-5-11-23)31(42)40(27-12-6-2-7-13-27)33(44)41(32(34)43)28-14-8-3-9-15-28/h1-17,20,24,30H,18-19,21-22H2/t24-,30+/m1/s1. The van der Waals surface area contributed by atoms with E-state index in [0.717, 1.165) is 27.5 Å². The second-order valence-corrected chi connectivity index (χ2v) is 11.6. The third kappa shape index (κ3) is 4.29. The van der Waals surface area contributed by atoms with E-state index in [9.17, 15) is 27.6 Å². The Bertz CT molecular complexity index is 1680. The summed E-state index contributed by atoms with van der Waals surface area (Å²) in [6.45, 7) is 0.426. The molecular weight excluding hydrogens is 567 g/mol. The van der Waals surface area contributed by atoms with Gasteiger partial charge in [-0.1, -0.05) is 66.7 Å². The van der Waals surface area contributed by atoms with Crippen LogP contribution in [-0.2, 0) is 22.2 Å². The Morgan fingerprint density at radius 3 is 1.80 bits per heavy atom. The number of imide groups is 2. The molecule has 222 valence electrons. The number of carbonyl (C=O) groups excluding carboxylic acids is 3. The molecule has 1 spiro atoms. The number of barbiturate groups is 1. The fourth-order valence-corrected chi connectivity index (χ4v) is 7.16. The van der Waals surface area contributed by atoms with Crippen molar-refractivity contribution in [1.82, 2.24) is 0 Å². The average Bonchev–Trinajstić information content (AvgIpc) is 3.04. The SMILES string of the molecule is O=C1N(c2ccccc2)C(=O)C2(Cc3cc(C(F)(F)F)ccc3N3CC[C@@H](c4ccccc4)C[C@H]32)C(=O)N1c1ccccc1. The van der Waals surface area contributed by atoms with Crippen molar-refractivity contribution in [1.29, 1.82) is 0 Å². The maximum absolute atomic E-state index is 14.9. The van der Waals surface area contributed by atoms with Gasteiger partial charge in [-0.2, -0.15) is 13.2 Å². The largest absolute Gasteiger partial charge is 0.416 e. The number of carbonyl (C=O) groups is 3. The van der Waals surface area contributed by atoms with E-state index in [1.54, 1.807) is 60.7 Å². The van der Waals surface area contributed by atoms with E-state index in [1.165, 1.54) is 6.07 Å². The van der Waals surface area contributed by atoms with Crippen LogP contribution in [0.2, 0.25) is 0 Å². The molecule has 0 N–H and O–H groups in total. The fraction of sp³-hybridized carbons (Fsp3) is 0.229. The zero-order valence-electron chi connectivity index (χ0n) is 23.6. The highest BCUT2D eigenvalue weighted by Gasteiger charge is 2.65. The Morgan fingerprint density at radius 1 is 0.705 bits per heavy atom. The van der Waals surface area contributed by atoms with Crippen LogP contribution in [0.25, 0.3) is 0 Å². The molecule has 0 unspecified atom stereocenters. The Balaban J connectivity index is 1.46. The van der Waals surface area contributed by atoms with Crippen LogP contribution >= 0.6 is 0 Å². The molecule has 3 aliphatic heterocycles. The van der Waals surface area contributed by atoms with Crippen LogP contribution < -0.4 is 14.7 Å². The second kappa shape index (κ2) is 10.4. The number of piperidine rings is 1. The Hall–Kier alpha value is -4.92. The molecule has 0 aliphatic carbocycles. The van der Waals surface area contributed by atoms with Gasteiger partial charge in [0.1, 0.15) is 0 Å². The lowest BCUT2D eigenvalue weighted by molar-refractivity contribution is -0.143. The number of rotatable bonds is 3. The first-order valence-corrected chi connectivity index (χ1v) is 14.5. The molecule has 3 heterocycles. The van der Waals surface area contributed by atoms with Gasteiger partial charge in [-0.3, -0.25) is 9.59 Å². The number of nitrogens with zero attached hydrogens (tertiary/aromatic N) is 3. The lowest BCUT2D eigenvalue weighted by Gasteiger charge is -2.56. The first kappa shape index (κ1) is 27.9. The van der Waals surface area contributed by atoms with Crippen LogP contribution in [0.15, 0.2) is 109 Å². The summed E-state index contributed by atoms with van der Waals surface area (Å²) in [7, 11) is 0. The zero-order valence-corrected chi connectivity index (χ0v) is 23.6. The van der Waals surface area contributed by atoms with Gasteiger partial charge in [-0.05, 0) is 78.8 Å². The summed E-state index contributed by atoms with van der Waals surface area (Å²) in [5, 5.41) is 0. The van der Waals surface area contributed by atoms with E-state index in [2.05, 4.69) is 0 Å². The van der Waals surface area contributed by atoms with Crippen molar-refractivity contribution in [3.63, 3.8) is 0 Å². The van der Waals surface area contributed by atoms with Crippen LogP contribution in [0, 0.1) is 5.41 Å². The molecule has 44 heavy (non-hydrogen) atoms. The van der Waals surface area contributed by atoms with Crippen LogP contribution in [0.5, 0.6) is 0 Å². The number of benzene rings is 4. The summed E-state index contributed by atoms with van der Waals surface area (Å²) in [5.74, 6) is -1.45. The van der Waals surface area contributed by atoms with Gasteiger partial charge in [0.25, 0.3) is 11.8 Å². The predicted octanol–water partition coefficient (Wildman–Crippen LogP) is 7.20. The van der Waals surface area contributed by atoms with Crippen LogP contribution in [0.3, 0.4) is 0 Å². The normalized spacial score (nSPS) is 21.3. The minimum absolute atomic E-state index is 0.00102. The topological polar surface area (TPSA) is 60.9 Å². The third-order valence-electron chi connectivity index (χ3n) is 9.21. The number of hydrogen-bond donors (Lipinski definition) is 0. The van der Waals surface area contributed by atoms with Gasteiger partial charge < -0.3 is 4.90 Å². The molecule has 4 aromatic carbocycles. The number of para-hydroxylation sites is 2. The number of urea groups is 1. The van der Waals surface area contributed by atoms with Crippen LogP contribution in [0.1, 0.15) is 35.4 Å². The highest BCUT2D eigenvalue weighted by Crippen LogP contribution is 2.53. The minimum atomic E-state index is -4.61. The Morgan fingerprint density at radius 2 is 1.25 bits per heavy atom. The predicted molar refractivity (Wildman–Crippen MR) is 160 cm³/mol. The first-order chi connectivity index (χ1) is 21.2. The van der Waals surface area contributed by atoms with Gasteiger partial charge in [0, 0.05) is 12.2 Å². The van der Waals surface area contributed by atoms with Crippen LogP contribution in [-0.4, -0.2) is 30.4 Å². The lowest BCUT2D eigenvalue weighted by Crippen LogP contribution is -2.74. The van der Waals surface area contributed by atoms with Gasteiger partial charge in [-0.25, -0.2) is 14.6 Å². The molecule has 2 fully saturated rings. The van der Waals surface area contributed by atoms with Crippen molar-refractivity contribution >= 4 is 34.9 Å². The molecule has 0 aromatic heterocycles. The van der Waals surface area contributed by atoms with Gasteiger partial charge in [0.05, 0.1) is 23.0 Å². The van der Waals surface area contributed by atoms with E-state index in [4.69, 9.17) is 0 Å². The average molecular weight is 596 g/mol. The van der Waals surface area contributed by atoms with Gasteiger partial charge >= 0.3 is 12.2 Å². The number of halogens is 3. The van der Waals surface area contributed by atoms with Crippen molar-refractivity contribution in [2.24, 2.45) is 5.41 Å². The molecule has 2 atom stereocenters. The van der Waals surface area contributed by atoms with E-state index in [-0.39, 0.29) is 29.3 Å². The lowest BCUT2D eigenvalue weighted by atomic mass is 9.63. The molecule has 0 radical (unpaired) electrons. The van der Waals surface area contributed by atoms with Crippen molar-refractivity contribution in [3.05, 3.63) is 126 Å². The number of fused-ring (bicyclic) bond motifs is 4. The molecule has 7 rings (SSSR count). The number of hydrogen-bond acceptors (Lipinski definition) is 4. The maximum Gasteiger partial charge on any atom is 0.416 e. The maximum atomic E-state index is 14.9. The molecule has 4 aromatic rings. The summed E-state index contributed by atoms with van der Waals surface area (Å²) in [5.41, 5.74) is -0.256. The minimum Gasteiger partial charge on any atom is -0.367 e. The fourth-order valence-electron chi connectivity index (χ4n) is 7.16. The zero-order chi connectivity index (χ0) is 30.6. The number of amides is 4. The number of alkyl halides is 3. The monoisotopic (exact) mass is 595 g/mol. The number of anilines is 3. The van der Waals surface area contributed by atoms with E-state index in [0.29, 0.717) is 25.1 Å². The summed E-state index contributed by atoms with van der Waals surface area (Å²) in [6.07, 6.45) is -3.79. The van der Waals surface area contributed by atoms with E-state index < -0.39 is 41.0 Å². The Kier molecular flexibility index (Phi) is 6.57. The molecule has 2 saturated heterocycles. The summed E-state index contributed by atoms with van der Waals surface area (Å²) < 4.78 is 41.8. The van der Waals surface area contributed by atoms with Crippen molar-refractivity contribution < 1.29 is 27.6 Å². The quantitative estimate of drug-likeness (QED) is 0.235. The van der Waals surface area contributed by atoms with Crippen molar-refractivity contribution in [2.75, 3.05) is 21.2 Å². The molecule has 6 nitrogen and oxygen atoms in total. The van der Waals surface area contributed by atoms with Crippen molar-refractivity contribution in [3.8, 4) is 0 Å². The van der Waals surface area contributed by atoms with E-state index in [1.807, 2.05) is 35.2 Å². The molecule has 4 amide bonds. The molecule has 3 aliphatic rings. The Labute approximate surface area is 252 Å². The molecule has 9 heteroatoms. The smallest absolute Gasteiger partial charge is 0.367 e. The summed E-state index contributed by atoms with van der Waals surface area (Å²) in [4.78, 5) is 47.9. The highest BCUT2D eigenvalue weighted by molar-refractivity contribution is 6.39. The van der Waals surface area contributed by atoms with Gasteiger partial charge in [0.2, 0.25) is 0 Å². The molecule has 0 saturated carbocycles. The summed E-state index contributed by atoms with van der Waals surface area (Å²) in [6, 6.07) is 28.6. The molecular formula is C35H28F3N3O3. The first-order valence-electron chi connectivity index (χ1n) is 14.5. The summed E-state index contributed by atoms with van der Waals surface area (Å²) >= 11 is 0. The molecule has 0 bridgehead atoms. The third-order valence-corrected chi connectivity index (χ3v) is 9.21. The second-order valence-electron chi connectivity index (χ2n) is 11.6. The van der Waals surface area contributed by atoms with E-state index >= 15 is 0 Å². The van der Waals surface area contributed by atoms with Gasteiger partial charge in [-0.15, -0.1) is 0 Å². The van der Waals surface area contributed by atoms with Gasteiger partial charge in [0.15, 0.2) is 5.41 Å². The van der Waals surface area contributed by atoms with Crippen LogP contribution in [0.4, 0.5) is 35.0 Å². The van der Waals surface area contributed by atoms with Crippen molar-refractivity contribution in [2.45, 2.75) is 37.4 Å².